The second-order valence-electron chi connectivity index (χ2n) is 4.75. The van der Waals surface area contributed by atoms with E-state index in [4.69, 9.17) is 5.11 Å². The zero-order valence-corrected chi connectivity index (χ0v) is 12.2. The van der Waals surface area contributed by atoms with Crippen molar-refractivity contribution in [2.75, 3.05) is 5.32 Å². The second kappa shape index (κ2) is 7.31. The third kappa shape index (κ3) is 4.12. The van der Waals surface area contributed by atoms with Gasteiger partial charge in [0.15, 0.2) is 0 Å². The first kappa shape index (κ1) is 15.6. The van der Waals surface area contributed by atoms with Crippen LogP contribution in [0.5, 0.6) is 0 Å². The Labute approximate surface area is 128 Å². The van der Waals surface area contributed by atoms with E-state index in [1.54, 1.807) is 36.7 Å². The molecule has 22 heavy (non-hydrogen) atoms. The van der Waals surface area contributed by atoms with Gasteiger partial charge in [-0.3, -0.25) is 9.59 Å². The minimum absolute atomic E-state index is 0.0153. The van der Waals surface area contributed by atoms with Crippen molar-refractivity contribution in [1.29, 1.82) is 0 Å². The van der Waals surface area contributed by atoms with Crippen molar-refractivity contribution in [3.63, 3.8) is 0 Å². The lowest BCUT2D eigenvalue weighted by Crippen LogP contribution is -2.15. The lowest BCUT2D eigenvalue weighted by Gasteiger charge is -2.09. The predicted octanol–water partition coefficient (Wildman–Crippen LogP) is 2.31. The average Bonchev–Trinajstić information content (AvgIpc) is 2.54. The van der Waals surface area contributed by atoms with Gasteiger partial charge in [-0.15, -0.1) is 0 Å². The maximum atomic E-state index is 12.3. The summed E-state index contributed by atoms with van der Waals surface area (Å²) in [6.45, 7) is 1.95. The van der Waals surface area contributed by atoms with E-state index in [-0.39, 0.29) is 12.3 Å². The molecule has 1 heterocycles. The van der Waals surface area contributed by atoms with Gasteiger partial charge in [0, 0.05) is 18.4 Å². The summed E-state index contributed by atoms with van der Waals surface area (Å²) < 4.78 is 0. The van der Waals surface area contributed by atoms with Crippen LogP contribution in [0.25, 0.3) is 0 Å². The molecule has 0 spiro atoms. The van der Waals surface area contributed by atoms with E-state index in [1.165, 1.54) is 0 Å². The van der Waals surface area contributed by atoms with Gasteiger partial charge in [-0.25, -0.2) is 9.97 Å². The van der Waals surface area contributed by atoms with Gasteiger partial charge < -0.3 is 10.4 Å². The Balaban J connectivity index is 2.12. The van der Waals surface area contributed by atoms with Gasteiger partial charge in [-0.05, 0) is 18.1 Å². The molecule has 114 valence electrons. The van der Waals surface area contributed by atoms with Gasteiger partial charge in [0.05, 0.1) is 18.1 Å². The summed E-state index contributed by atoms with van der Waals surface area (Å²) in [5, 5.41) is 11.5. The maximum Gasteiger partial charge on any atom is 0.303 e. The van der Waals surface area contributed by atoms with Crippen LogP contribution in [0.1, 0.15) is 35.1 Å². The Morgan fingerprint density at radius 1 is 1.18 bits per heavy atom. The largest absolute Gasteiger partial charge is 0.481 e. The van der Waals surface area contributed by atoms with E-state index < -0.39 is 5.97 Å². The number of aromatic nitrogens is 2. The van der Waals surface area contributed by atoms with Crippen molar-refractivity contribution >= 4 is 17.6 Å². The van der Waals surface area contributed by atoms with Gasteiger partial charge in [-0.2, -0.15) is 0 Å². The van der Waals surface area contributed by atoms with Crippen molar-refractivity contribution in [2.45, 2.75) is 26.2 Å². The second-order valence-corrected chi connectivity index (χ2v) is 4.75. The summed E-state index contributed by atoms with van der Waals surface area (Å²) in [6.07, 6.45) is 4.14. The standard InChI is InChI=1S/C16H17N3O3/c1-2-14-17-9-12(10-18-14)19-16(22)13-6-4-3-5-11(13)7-8-15(20)21/h3-6,9-10H,2,7-8H2,1H3,(H,19,22)(H,20,21). The van der Waals surface area contributed by atoms with Crippen LogP contribution in [0, 0.1) is 0 Å². The molecular formula is C16H17N3O3. The van der Waals surface area contributed by atoms with Crippen LogP contribution in [-0.4, -0.2) is 27.0 Å². The first-order valence-electron chi connectivity index (χ1n) is 7.02. The number of nitrogens with one attached hydrogen (secondary N) is 1. The Hall–Kier alpha value is -2.76. The van der Waals surface area contributed by atoms with Crippen LogP contribution in [0.15, 0.2) is 36.7 Å². The molecular weight excluding hydrogens is 282 g/mol. The van der Waals surface area contributed by atoms with Gasteiger partial charge in [0.2, 0.25) is 0 Å². The number of aliphatic carboxylic acids is 1. The number of hydrogen-bond acceptors (Lipinski definition) is 4. The summed E-state index contributed by atoms with van der Waals surface area (Å²) in [4.78, 5) is 31.3. The molecule has 1 aromatic heterocycles. The van der Waals surface area contributed by atoms with E-state index in [9.17, 15) is 9.59 Å². The van der Waals surface area contributed by atoms with Gasteiger partial charge in [0.1, 0.15) is 5.82 Å². The molecule has 0 fully saturated rings. The molecule has 1 aromatic carbocycles. The molecule has 0 aliphatic heterocycles. The molecule has 0 saturated carbocycles. The van der Waals surface area contributed by atoms with Crippen LogP contribution >= 0.6 is 0 Å². The van der Waals surface area contributed by atoms with Gasteiger partial charge >= 0.3 is 5.97 Å². The van der Waals surface area contributed by atoms with E-state index in [2.05, 4.69) is 15.3 Å². The number of rotatable bonds is 6. The van der Waals surface area contributed by atoms with Crippen LogP contribution in [0.4, 0.5) is 5.69 Å². The molecule has 0 aliphatic carbocycles. The Morgan fingerprint density at radius 2 is 1.86 bits per heavy atom. The molecule has 2 N–H and O–H groups in total. The monoisotopic (exact) mass is 299 g/mol. The molecule has 6 nitrogen and oxygen atoms in total. The third-order valence-corrected chi connectivity index (χ3v) is 3.15. The lowest BCUT2D eigenvalue weighted by atomic mass is 10.0. The number of hydrogen-bond donors (Lipinski definition) is 2. The fourth-order valence-electron chi connectivity index (χ4n) is 2.00. The van der Waals surface area contributed by atoms with Crippen LogP contribution in [-0.2, 0) is 17.6 Å². The fourth-order valence-corrected chi connectivity index (χ4v) is 2.00. The molecule has 0 bridgehead atoms. The molecule has 2 aromatic rings. The minimum atomic E-state index is -0.890. The van der Waals surface area contributed by atoms with Crippen LogP contribution in [0.3, 0.4) is 0 Å². The van der Waals surface area contributed by atoms with Crippen LogP contribution < -0.4 is 5.32 Å². The van der Waals surface area contributed by atoms with Crippen molar-refractivity contribution in [3.05, 3.63) is 53.6 Å². The zero-order chi connectivity index (χ0) is 15.9. The highest BCUT2D eigenvalue weighted by atomic mass is 16.4. The lowest BCUT2D eigenvalue weighted by molar-refractivity contribution is -0.136. The van der Waals surface area contributed by atoms with Gasteiger partial charge in [-0.1, -0.05) is 25.1 Å². The number of carboxylic acid groups (broad SMARTS) is 1. The zero-order valence-electron chi connectivity index (χ0n) is 12.2. The van der Waals surface area contributed by atoms with Crippen molar-refractivity contribution in [3.8, 4) is 0 Å². The third-order valence-electron chi connectivity index (χ3n) is 3.15. The number of aryl methyl sites for hydroxylation is 2. The summed E-state index contributed by atoms with van der Waals surface area (Å²) >= 11 is 0. The minimum Gasteiger partial charge on any atom is -0.481 e. The fraction of sp³-hybridized carbons (Fsp3) is 0.250. The molecule has 1 amide bonds. The van der Waals surface area contributed by atoms with E-state index in [0.29, 0.717) is 29.1 Å². The summed E-state index contributed by atoms with van der Waals surface area (Å²) in [5.41, 5.74) is 1.67. The molecule has 0 unspecified atom stereocenters. The number of carboxylic acids is 1. The van der Waals surface area contributed by atoms with E-state index >= 15 is 0 Å². The summed E-state index contributed by atoms with van der Waals surface area (Å²) in [7, 11) is 0. The molecule has 0 radical (unpaired) electrons. The quantitative estimate of drug-likeness (QED) is 0.854. The number of anilines is 1. The predicted molar refractivity (Wildman–Crippen MR) is 81.8 cm³/mol. The first-order chi connectivity index (χ1) is 10.6. The normalized spacial score (nSPS) is 10.2. The number of nitrogens with zero attached hydrogens (tertiary/aromatic N) is 2. The SMILES string of the molecule is CCc1ncc(NC(=O)c2ccccc2CCC(=O)O)cn1. The van der Waals surface area contributed by atoms with Crippen molar-refractivity contribution < 1.29 is 14.7 Å². The molecule has 2 rings (SSSR count). The molecule has 0 atom stereocenters. The molecule has 0 saturated heterocycles. The van der Waals surface area contributed by atoms with Crippen LogP contribution in [0.2, 0.25) is 0 Å². The molecule has 0 aliphatic rings. The number of carbonyl (C=O) groups is 2. The smallest absolute Gasteiger partial charge is 0.303 e. The molecule has 6 heteroatoms. The number of amides is 1. The van der Waals surface area contributed by atoms with E-state index in [1.807, 2.05) is 6.92 Å². The highest BCUT2D eigenvalue weighted by Gasteiger charge is 2.12. The van der Waals surface area contributed by atoms with E-state index in [0.717, 1.165) is 6.42 Å². The number of carbonyl (C=O) groups excluding carboxylic acids is 1. The summed E-state index contributed by atoms with van der Waals surface area (Å²) in [6, 6.07) is 6.96. The number of benzene rings is 1. The van der Waals surface area contributed by atoms with Crippen molar-refractivity contribution in [1.82, 2.24) is 9.97 Å². The maximum absolute atomic E-state index is 12.3. The summed E-state index contributed by atoms with van der Waals surface area (Å²) in [5.74, 6) is -0.479. The first-order valence-corrected chi connectivity index (χ1v) is 7.02. The topological polar surface area (TPSA) is 92.2 Å². The highest BCUT2D eigenvalue weighted by molar-refractivity contribution is 6.05. The van der Waals surface area contributed by atoms with Crippen molar-refractivity contribution in [2.24, 2.45) is 0 Å². The Bertz CT molecular complexity index is 669. The average molecular weight is 299 g/mol. The Kier molecular flexibility index (Phi) is 5.19. The Morgan fingerprint density at radius 3 is 2.50 bits per heavy atom. The highest BCUT2D eigenvalue weighted by Crippen LogP contribution is 2.14. The van der Waals surface area contributed by atoms with Gasteiger partial charge in [0.25, 0.3) is 5.91 Å².